The van der Waals surface area contributed by atoms with Gasteiger partial charge in [-0.1, -0.05) is 53.4 Å². The van der Waals surface area contributed by atoms with Gasteiger partial charge in [0.15, 0.2) is 0 Å². The first-order chi connectivity index (χ1) is 8.24. The van der Waals surface area contributed by atoms with Crippen molar-refractivity contribution in [2.45, 2.75) is 79.1 Å². The van der Waals surface area contributed by atoms with Gasteiger partial charge in [-0.2, -0.15) is 0 Å². The second kappa shape index (κ2) is 27.3. The number of quaternary nitrogens is 1. The SMILES string of the molecule is CCCC[N+](CCCC)(CCCC)CCCC.N.[Cl-].[Cl-].[Cl-].[Pt+2]. The zero-order valence-corrected chi connectivity index (χ0v) is 19.6. The number of unbranched alkanes of at least 4 members (excludes halogenated alkanes) is 4. The average Bonchev–Trinajstić information content (AvgIpc) is 2.37. The molecule has 0 aliphatic heterocycles. The molecule has 0 rings (SSSR count). The third kappa shape index (κ3) is 19.5. The van der Waals surface area contributed by atoms with E-state index in [0.29, 0.717) is 0 Å². The second-order valence-corrected chi connectivity index (χ2v) is 5.65. The summed E-state index contributed by atoms with van der Waals surface area (Å²) in [5, 5.41) is 0. The predicted octanol–water partition coefficient (Wildman–Crippen LogP) is -3.82. The summed E-state index contributed by atoms with van der Waals surface area (Å²) in [4.78, 5) is 0. The molecular weight excluding hydrogens is 522 g/mol. The van der Waals surface area contributed by atoms with Crippen LogP contribution in [-0.2, 0) is 21.1 Å². The second-order valence-electron chi connectivity index (χ2n) is 5.65. The van der Waals surface area contributed by atoms with Gasteiger partial charge in [-0.25, -0.2) is 0 Å². The van der Waals surface area contributed by atoms with Gasteiger partial charge in [-0.3, -0.25) is 0 Å². The summed E-state index contributed by atoms with van der Waals surface area (Å²) in [5.41, 5.74) is 0. The van der Waals surface area contributed by atoms with Gasteiger partial charge in [0.05, 0.1) is 26.2 Å². The summed E-state index contributed by atoms with van der Waals surface area (Å²) in [6, 6.07) is 0. The first-order valence-corrected chi connectivity index (χ1v) is 8.09. The molecule has 0 fully saturated rings. The molecule has 0 aliphatic rings. The van der Waals surface area contributed by atoms with E-state index in [0.717, 1.165) is 0 Å². The first-order valence-electron chi connectivity index (χ1n) is 8.09. The van der Waals surface area contributed by atoms with Crippen LogP contribution in [0.1, 0.15) is 79.1 Å². The fourth-order valence-electron chi connectivity index (χ4n) is 2.64. The molecule has 0 spiro atoms. The van der Waals surface area contributed by atoms with Gasteiger partial charge in [0.2, 0.25) is 0 Å². The minimum Gasteiger partial charge on any atom is -1.00 e. The van der Waals surface area contributed by atoms with E-state index >= 15 is 0 Å². The summed E-state index contributed by atoms with van der Waals surface area (Å²) in [5.74, 6) is 0. The predicted molar refractivity (Wildman–Crippen MR) is 84.4 cm³/mol. The summed E-state index contributed by atoms with van der Waals surface area (Å²) < 4.78 is 1.42. The quantitative estimate of drug-likeness (QED) is 0.244. The number of hydrogen-bond donors (Lipinski definition) is 1. The largest absolute Gasteiger partial charge is 2.00 e. The van der Waals surface area contributed by atoms with Crippen LogP contribution >= 0.6 is 0 Å². The first kappa shape index (κ1) is 38.8. The third-order valence-electron chi connectivity index (χ3n) is 3.94. The van der Waals surface area contributed by atoms with E-state index in [9.17, 15) is 0 Å². The number of nitrogens with zero attached hydrogens (tertiary/aromatic N) is 1. The van der Waals surface area contributed by atoms with Crippen LogP contribution in [0.25, 0.3) is 0 Å². The molecule has 0 saturated heterocycles. The molecule has 0 radical (unpaired) electrons. The van der Waals surface area contributed by atoms with Gasteiger partial charge in [0, 0.05) is 0 Å². The minimum absolute atomic E-state index is 0. The molecule has 0 saturated carbocycles. The van der Waals surface area contributed by atoms with Crippen LogP contribution in [0, 0.1) is 0 Å². The van der Waals surface area contributed by atoms with Crippen molar-refractivity contribution in [3.05, 3.63) is 0 Å². The molecule has 6 heteroatoms. The summed E-state index contributed by atoms with van der Waals surface area (Å²) >= 11 is 0. The van der Waals surface area contributed by atoms with Crippen LogP contribution in [0.5, 0.6) is 0 Å². The van der Waals surface area contributed by atoms with Crippen LogP contribution < -0.4 is 43.4 Å². The van der Waals surface area contributed by atoms with Crippen molar-refractivity contribution in [1.29, 1.82) is 0 Å². The van der Waals surface area contributed by atoms with Crippen molar-refractivity contribution in [2.75, 3.05) is 26.2 Å². The molecule has 144 valence electrons. The van der Waals surface area contributed by atoms with Crippen molar-refractivity contribution in [2.24, 2.45) is 0 Å². The van der Waals surface area contributed by atoms with Gasteiger partial charge < -0.3 is 47.9 Å². The third-order valence-corrected chi connectivity index (χ3v) is 3.94. The van der Waals surface area contributed by atoms with E-state index in [1.165, 1.54) is 82.0 Å². The maximum absolute atomic E-state index is 2.33. The van der Waals surface area contributed by atoms with Gasteiger partial charge in [-0.15, -0.1) is 0 Å². The van der Waals surface area contributed by atoms with E-state index in [1.54, 1.807) is 0 Å². The van der Waals surface area contributed by atoms with E-state index in [2.05, 4.69) is 27.7 Å². The molecule has 0 aliphatic carbocycles. The van der Waals surface area contributed by atoms with Gasteiger partial charge in [0.1, 0.15) is 0 Å². The molecule has 0 atom stereocenters. The topological polar surface area (TPSA) is 35.0 Å². The van der Waals surface area contributed by atoms with Crippen LogP contribution in [0.3, 0.4) is 0 Å². The Morgan fingerprint density at radius 3 is 0.818 bits per heavy atom. The Hall–Kier alpha value is 1.48. The maximum Gasteiger partial charge on any atom is 2.00 e. The van der Waals surface area contributed by atoms with Gasteiger partial charge in [-0.05, 0) is 25.7 Å². The monoisotopic (exact) mass is 559 g/mol. The zero-order chi connectivity index (χ0) is 13.0. The van der Waals surface area contributed by atoms with Crippen LogP contribution in [0.4, 0.5) is 0 Å². The number of halogens is 3. The molecule has 0 aromatic heterocycles. The summed E-state index contributed by atoms with van der Waals surface area (Å²) in [6.45, 7) is 15.0. The molecule has 0 heterocycles. The maximum atomic E-state index is 2.33. The van der Waals surface area contributed by atoms with E-state index < -0.39 is 0 Å². The number of hydrogen-bond acceptors (Lipinski definition) is 1. The molecular formula is C16H39Cl3N2Pt. The Kier molecular flexibility index (Phi) is 48.2. The fourth-order valence-corrected chi connectivity index (χ4v) is 2.64. The minimum atomic E-state index is 0. The standard InChI is InChI=1S/C16H36N.3ClH.H3N.Pt/c1-5-9-13-17(14-10-6-2,15-11-7-3)16-12-8-4;;;;;/h5-16H2,1-4H3;3*1H;1H3;/q+1;;;;;+2/p-3. The molecule has 0 bridgehead atoms. The molecule has 22 heavy (non-hydrogen) atoms. The molecule has 0 unspecified atom stereocenters. The van der Waals surface area contributed by atoms with Crippen molar-refractivity contribution >= 4 is 0 Å². The fraction of sp³-hybridized carbons (Fsp3) is 1.00. The Bertz CT molecular complexity index is 138. The Morgan fingerprint density at radius 1 is 0.500 bits per heavy atom. The molecule has 0 aromatic rings. The van der Waals surface area contributed by atoms with Crippen molar-refractivity contribution in [3.8, 4) is 0 Å². The molecule has 0 amide bonds. The Morgan fingerprint density at radius 2 is 0.682 bits per heavy atom. The summed E-state index contributed by atoms with van der Waals surface area (Å²) in [6.07, 6.45) is 11.1. The molecule has 2 nitrogen and oxygen atoms in total. The van der Waals surface area contributed by atoms with Crippen LogP contribution in [-0.4, -0.2) is 30.7 Å². The Balaban J connectivity index is -0.000000128. The normalized spacial score (nSPS) is 9.27. The van der Waals surface area contributed by atoms with E-state index in [-0.39, 0.29) is 64.4 Å². The van der Waals surface area contributed by atoms with Crippen molar-refractivity contribution < 1.29 is 62.8 Å². The average molecular weight is 561 g/mol. The van der Waals surface area contributed by atoms with E-state index in [4.69, 9.17) is 0 Å². The Labute approximate surface area is 173 Å². The zero-order valence-electron chi connectivity index (χ0n) is 15.1. The van der Waals surface area contributed by atoms with Gasteiger partial charge >= 0.3 is 21.1 Å². The molecule has 3 N–H and O–H groups in total. The van der Waals surface area contributed by atoms with E-state index in [1.807, 2.05) is 0 Å². The van der Waals surface area contributed by atoms with Gasteiger partial charge in [0.25, 0.3) is 0 Å². The number of rotatable bonds is 12. The van der Waals surface area contributed by atoms with Crippen molar-refractivity contribution in [1.82, 2.24) is 6.15 Å². The molecule has 0 aromatic carbocycles. The van der Waals surface area contributed by atoms with Crippen LogP contribution in [0.15, 0.2) is 0 Å². The summed E-state index contributed by atoms with van der Waals surface area (Å²) in [7, 11) is 0. The smallest absolute Gasteiger partial charge is 1.00 e. The van der Waals surface area contributed by atoms with Crippen LogP contribution in [0.2, 0.25) is 0 Å². The van der Waals surface area contributed by atoms with Crippen molar-refractivity contribution in [3.63, 3.8) is 0 Å².